The van der Waals surface area contributed by atoms with Crippen LogP contribution in [-0.4, -0.2) is 12.5 Å². The second kappa shape index (κ2) is 4.51. The number of nitrogens with zero attached hydrogens (tertiary/aromatic N) is 2. The van der Waals surface area contributed by atoms with Gasteiger partial charge in [0.05, 0.1) is 6.61 Å². The van der Waals surface area contributed by atoms with E-state index >= 15 is 0 Å². The predicted octanol–water partition coefficient (Wildman–Crippen LogP) is 1.25. The van der Waals surface area contributed by atoms with Gasteiger partial charge >= 0.3 is 7.48 Å². The highest BCUT2D eigenvalue weighted by molar-refractivity contribution is 6.48. The molecular weight excluding hydrogens is 227 g/mol. The first-order valence-electron chi connectivity index (χ1n) is 5.59. The fourth-order valence-corrected chi connectivity index (χ4v) is 1.88. The fourth-order valence-electron chi connectivity index (χ4n) is 1.88. The Morgan fingerprint density at radius 2 is 2.33 bits per heavy atom. The Labute approximate surface area is 105 Å². The number of benzene rings is 1. The molecule has 1 aromatic carbocycles. The van der Waals surface area contributed by atoms with Crippen molar-refractivity contribution >= 4 is 12.9 Å². The first kappa shape index (κ1) is 10.8. The number of pyridine rings is 1. The molecule has 0 aliphatic carbocycles. The van der Waals surface area contributed by atoms with E-state index in [-0.39, 0.29) is 0 Å². The summed E-state index contributed by atoms with van der Waals surface area (Å²) in [4.78, 5) is 4.06. The summed E-state index contributed by atoms with van der Waals surface area (Å²) < 4.78 is 11.0. The average Bonchev–Trinajstić information content (AvgIpc) is 2.87. The zero-order valence-corrected chi connectivity index (χ0v) is 9.59. The van der Waals surface area contributed by atoms with E-state index in [0.29, 0.717) is 31.3 Å². The molecule has 0 saturated heterocycles. The largest absolute Gasteiger partial charge is 0.438 e. The third-order valence-electron chi connectivity index (χ3n) is 2.80. The van der Waals surface area contributed by atoms with E-state index < -0.39 is 0 Å². The summed E-state index contributed by atoms with van der Waals surface area (Å²) in [5.74, 6) is 1.01. The molecular formula is C13H9BN2O2. The van der Waals surface area contributed by atoms with E-state index in [1.807, 2.05) is 18.2 Å². The van der Waals surface area contributed by atoms with Crippen LogP contribution in [0.2, 0.25) is 0 Å². The monoisotopic (exact) mass is 236 g/mol. The van der Waals surface area contributed by atoms with Crippen LogP contribution in [0.25, 0.3) is 0 Å². The molecule has 0 unspecified atom stereocenters. The van der Waals surface area contributed by atoms with Crippen LogP contribution in [0.5, 0.6) is 11.6 Å². The van der Waals surface area contributed by atoms with Crippen LogP contribution < -0.4 is 10.2 Å². The maximum atomic E-state index is 8.96. The summed E-state index contributed by atoms with van der Waals surface area (Å²) in [6.07, 6.45) is 1.60. The van der Waals surface area contributed by atoms with Crippen molar-refractivity contribution in [2.24, 2.45) is 0 Å². The molecule has 0 radical (unpaired) electrons. The van der Waals surface area contributed by atoms with Crippen molar-refractivity contribution < 1.29 is 9.39 Å². The zero-order valence-electron chi connectivity index (χ0n) is 9.59. The van der Waals surface area contributed by atoms with Gasteiger partial charge in [0.1, 0.15) is 17.4 Å². The van der Waals surface area contributed by atoms with Gasteiger partial charge in [-0.1, -0.05) is 6.07 Å². The van der Waals surface area contributed by atoms with Crippen LogP contribution in [0, 0.1) is 11.3 Å². The van der Waals surface area contributed by atoms with Gasteiger partial charge in [-0.25, -0.2) is 4.98 Å². The molecule has 3 rings (SSSR count). The highest BCUT2D eigenvalue weighted by Gasteiger charge is 2.14. The third kappa shape index (κ3) is 1.94. The minimum atomic E-state index is 0.332. The molecule has 0 saturated carbocycles. The number of nitriles is 1. The minimum absolute atomic E-state index is 0.332. The average molecular weight is 236 g/mol. The second-order valence-electron chi connectivity index (χ2n) is 3.99. The number of aromatic nitrogens is 1. The topological polar surface area (TPSA) is 55.1 Å². The van der Waals surface area contributed by atoms with Gasteiger partial charge in [0.2, 0.25) is 5.88 Å². The van der Waals surface area contributed by atoms with Crippen LogP contribution in [-0.2, 0) is 11.3 Å². The second-order valence-corrected chi connectivity index (χ2v) is 3.99. The molecule has 0 N–H and O–H groups in total. The van der Waals surface area contributed by atoms with E-state index in [1.165, 1.54) is 5.46 Å². The Kier molecular flexibility index (Phi) is 2.71. The first-order chi connectivity index (χ1) is 8.86. The summed E-state index contributed by atoms with van der Waals surface area (Å²) in [7, 11) is 0.655. The maximum absolute atomic E-state index is 8.96. The van der Waals surface area contributed by atoms with Crippen molar-refractivity contribution in [3.05, 3.63) is 47.7 Å². The number of hydrogen-bond acceptors (Lipinski definition) is 4. The summed E-state index contributed by atoms with van der Waals surface area (Å²) >= 11 is 0. The lowest BCUT2D eigenvalue weighted by atomic mass is 9.87. The van der Waals surface area contributed by atoms with E-state index in [9.17, 15) is 0 Å². The predicted molar refractivity (Wildman–Crippen MR) is 67.0 cm³/mol. The van der Waals surface area contributed by atoms with Gasteiger partial charge in [0, 0.05) is 6.20 Å². The number of fused-ring (bicyclic) bond motifs is 1. The number of hydrogen-bond donors (Lipinski definition) is 0. The van der Waals surface area contributed by atoms with Gasteiger partial charge in [-0.15, -0.1) is 0 Å². The molecule has 2 aromatic rings. The van der Waals surface area contributed by atoms with Crippen LogP contribution in [0.15, 0.2) is 36.5 Å². The van der Waals surface area contributed by atoms with E-state index in [1.54, 1.807) is 18.3 Å². The van der Waals surface area contributed by atoms with Crippen molar-refractivity contribution in [2.45, 2.75) is 6.61 Å². The minimum Gasteiger partial charge on any atom is -0.438 e. The molecule has 1 aliphatic heterocycles. The van der Waals surface area contributed by atoms with E-state index in [0.717, 1.165) is 5.56 Å². The van der Waals surface area contributed by atoms with Gasteiger partial charge in [-0.2, -0.15) is 5.26 Å². The summed E-state index contributed by atoms with van der Waals surface area (Å²) in [5, 5.41) is 8.96. The lowest BCUT2D eigenvalue weighted by Gasteiger charge is -2.07. The summed E-state index contributed by atoms with van der Waals surface area (Å²) in [6, 6.07) is 11.2. The molecule has 86 valence electrons. The quantitative estimate of drug-likeness (QED) is 0.736. The molecule has 1 aliphatic rings. The lowest BCUT2D eigenvalue weighted by molar-refractivity contribution is 0.344. The van der Waals surface area contributed by atoms with Gasteiger partial charge in [0.15, 0.2) is 0 Å². The zero-order chi connectivity index (χ0) is 12.4. The molecule has 18 heavy (non-hydrogen) atoms. The molecule has 5 heteroatoms. The molecule has 0 bridgehead atoms. The van der Waals surface area contributed by atoms with Crippen LogP contribution in [0.3, 0.4) is 0 Å². The summed E-state index contributed by atoms with van der Waals surface area (Å²) in [6.45, 7) is 0.611. The molecule has 2 heterocycles. The van der Waals surface area contributed by atoms with E-state index in [2.05, 4.69) is 11.1 Å². The molecule has 0 fully saturated rings. The SMILES string of the molecule is N#Cc1cccnc1Oc1ccc2c(c1)COB2. The first-order valence-corrected chi connectivity index (χ1v) is 5.59. The van der Waals surface area contributed by atoms with Gasteiger partial charge < -0.3 is 9.39 Å². The summed E-state index contributed by atoms with van der Waals surface area (Å²) in [5.41, 5.74) is 2.74. The maximum Gasteiger partial charge on any atom is 0.309 e. The van der Waals surface area contributed by atoms with Gasteiger partial charge in [-0.3, -0.25) is 0 Å². The smallest absolute Gasteiger partial charge is 0.309 e. The van der Waals surface area contributed by atoms with Gasteiger partial charge in [-0.05, 0) is 35.3 Å². The van der Waals surface area contributed by atoms with Crippen LogP contribution in [0.1, 0.15) is 11.1 Å². The van der Waals surface area contributed by atoms with Gasteiger partial charge in [0.25, 0.3) is 0 Å². The number of ether oxygens (including phenoxy) is 1. The lowest BCUT2D eigenvalue weighted by Crippen LogP contribution is -2.10. The fraction of sp³-hybridized carbons (Fsp3) is 0.0769. The molecule has 1 aromatic heterocycles. The highest BCUT2D eigenvalue weighted by atomic mass is 16.5. The Hall–Kier alpha value is -2.32. The van der Waals surface area contributed by atoms with Crippen LogP contribution in [0.4, 0.5) is 0 Å². The Balaban J connectivity index is 1.91. The van der Waals surface area contributed by atoms with Crippen molar-refractivity contribution in [2.75, 3.05) is 0 Å². The Bertz CT molecular complexity index is 637. The molecule has 4 nitrogen and oxygen atoms in total. The third-order valence-corrected chi connectivity index (χ3v) is 2.80. The molecule has 0 spiro atoms. The van der Waals surface area contributed by atoms with E-state index in [4.69, 9.17) is 14.7 Å². The molecule has 0 atom stereocenters. The van der Waals surface area contributed by atoms with Crippen molar-refractivity contribution in [1.82, 2.24) is 4.98 Å². The normalized spacial score (nSPS) is 12.4. The van der Waals surface area contributed by atoms with Crippen molar-refractivity contribution in [3.63, 3.8) is 0 Å². The standard InChI is InChI=1S/C13H9BN2O2/c15-7-9-2-1-5-16-13(9)18-11-3-4-12-10(6-11)8-17-14-12/h1-6,14H,8H2. The van der Waals surface area contributed by atoms with Crippen LogP contribution >= 0.6 is 0 Å². The Morgan fingerprint density at radius 3 is 3.22 bits per heavy atom. The number of rotatable bonds is 2. The van der Waals surface area contributed by atoms with Crippen molar-refractivity contribution in [3.8, 4) is 17.7 Å². The van der Waals surface area contributed by atoms with Crippen molar-refractivity contribution in [1.29, 1.82) is 5.26 Å². The highest BCUT2D eigenvalue weighted by Crippen LogP contribution is 2.23. The molecule has 0 amide bonds. The Morgan fingerprint density at radius 1 is 1.39 bits per heavy atom.